The van der Waals surface area contributed by atoms with E-state index < -0.39 is 0 Å². The van der Waals surface area contributed by atoms with Gasteiger partial charge in [0.25, 0.3) is 0 Å². The van der Waals surface area contributed by atoms with E-state index in [1.165, 1.54) is 29.7 Å². The molecule has 4 rings (SSSR count). The molecule has 120 valence electrons. The maximum Gasteiger partial charge on any atom is 0.0361 e. The summed E-state index contributed by atoms with van der Waals surface area (Å²) in [4.78, 5) is 2.14. The molecule has 0 amide bonds. The summed E-state index contributed by atoms with van der Waals surface area (Å²) >= 11 is 0. The largest absolute Gasteiger partial charge is 0.378 e. The van der Waals surface area contributed by atoms with Crippen LogP contribution in [0.5, 0.6) is 0 Å². The van der Waals surface area contributed by atoms with E-state index in [4.69, 9.17) is 0 Å². The fraction of sp³-hybridized carbons (Fsp3) is 0.238. The van der Waals surface area contributed by atoms with Crippen LogP contribution in [0, 0.1) is 12.8 Å². The third kappa shape index (κ3) is 4.07. The molecule has 0 bridgehead atoms. The standard InChI is InChI=1S/C16H18N.C5H5.Fe/c1-17(2)15-9-7-14(8-10-15)16(11-12-16)13-5-3-4-6-13;1-2-4-5-3-1;/h3-10H,11-12H2,1-2H3;1-5H;. The summed E-state index contributed by atoms with van der Waals surface area (Å²) < 4.78 is 0. The second-order valence-electron chi connectivity index (χ2n) is 6.16. The molecule has 1 aromatic carbocycles. The van der Waals surface area contributed by atoms with Crippen LogP contribution in [0.2, 0.25) is 0 Å². The Morgan fingerprint density at radius 3 is 1.87 bits per heavy atom. The monoisotopic (exact) mass is 345 g/mol. The van der Waals surface area contributed by atoms with Crippen molar-refractivity contribution in [3.05, 3.63) is 90.8 Å². The number of hydrogen-bond donors (Lipinski definition) is 0. The number of benzene rings is 1. The maximum absolute atomic E-state index is 2.29. The van der Waals surface area contributed by atoms with Crippen LogP contribution in [0.15, 0.2) is 72.4 Å². The van der Waals surface area contributed by atoms with Gasteiger partial charge < -0.3 is 4.90 Å². The molecule has 0 heterocycles. The fourth-order valence-corrected chi connectivity index (χ4v) is 2.96. The quantitative estimate of drug-likeness (QED) is 0.712. The van der Waals surface area contributed by atoms with Crippen LogP contribution in [0.4, 0.5) is 5.69 Å². The van der Waals surface area contributed by atoms with E-state index in [9.17, 15) is 0 Å². The molecule has 1 saturated carbocycles. The van der Waals surface area contributed by atoms with Gasteiger partial charge in [-0.05, 0) is 30.5 Å². The van der Waals surface area contributed by atoms with Gasteiger partial charge in [-0.1, -0.05) is 60.2 Å². The van der Waals surface area contributed by atoms with E-state index in [0.29, 0.717) is 5.41 Å². The first-order chi connectivity index (χ1) is 10.7. The van der Waals surface area contributed by atoms with Gasteiger partial charge in [0.15, 0.2) is 0 Å². The van der Waals surface area contributed by atoms with Crippen molar-refractivity contribution in [2.75, 3.05) is 19.0 Å². The van der Waals surface area contributed by atoms with Crippen LogP contribution in [0.25, 0.3) is 0 Å². The van der Waals surface area contributed by atoms with Crippen molar-refractivity contribution < 1.29 is 17.1 Å². The Morgan fingerprint density at radius 1 is 0.826 bits per heavy atom. The summed E-state index contributed by atoms with van der Waals surface area (Å²) in [5.41, 5.74) is 4.55. The molecule has 0 spiro atoms. The predicted molar refractivity (Wildman–Crippen MR) is 95.8 cm³/mol. The van der Waals surface area contributed by atoms with Crippen LogP contribution in [-0.2, 0) is 22.5 Å². The Labute approximate surface area is 150 Å². The molecule has 3 aliphatic carbocycles. The second-order valence-corrected chi connectivity index (χ2v) is 6.16. The van der Waals surface area contributed by atoms with Gasteiger partial charge >= 0.3 is 0 Å². The summed E-state index contributed by atoms with van der Waals surface area (Å²) in [5, 5.41) is 0. The minimum atomic E-state index is 0. The van der Waals surface area contributed by atoms with Gasteiger partial charge in [0, 0.05) is 55.1 Å². The molecule has 2 radical (unpaired) electrons. The first-order valence-corrected chi connectivity index (χ1v) is 7.89. The molecule has 1 nitrogen and oxygen atoms in total. The summed E-state index contributed by atoms with van der Waals surface area (Å²) in [7, 11) is 4.16. The van der Waals surface area contributed by atoms with E-state index in [1.807, 2.05) is 30.7 Å². The van der Waals surface area contributed by atoms with E-state index in [1.54, 1.807) is 0 Å². The number of anilines is 1. The minimum Gasteiger partial charge on any atom is -0.378 e. The zero-order chi connectivity index (χ0) is 15.4. The van der Waals surface area contributed by atoms with E-state index in [0.717, 1.165) is 0 Å². The van der Waals surface area contributed by atoms with Gasteiger partial charge in [0.2, 0.25) is 0 Å². The molecule has 0 N–H and O–H groups in total. The van der Waals surface area contributed by atoms with Crippen molar-refractivity contribution in [2.24, 2.45) is 0 Å². The SMILES string of the molecule is CN(C)c1ccc(C2(C3=CC=C[CH]3)CC2)cc1.[CH]1C=CC=C1.[Fe]. The molecule has 2 heteroatoms. The van der Waals surface area contributed by atoms with Crippen molar-refractivity contribution in [3.8, 4) is 0 Å². The van der Waals surface area contributed by atoms with E-state index >= 15 is 0 Å². The van der Waals surface area contributed by atoms with Crippen molar-refractivity contribution in [1.29, 1.82) is 0 Å². The second kappa shape index (κ2) is 7.86. The van der Waals surface area contributed by atoms with E-state index in [2.05, 4.69) is 67.9 Å². The van der Waals surface area contributed by atoms with Gasteiger partial charge in [-0.2, -0.15) is 0 Å². The van der Waals surface area contributed by atoms with Crippen LogP contribution < -0.4 is 4.90 Å². The zero-order valence-corrected chi connectivity index (χ0v) is 14.8. The maximum atomic E-state index is 2.29. The molecular formula is C21H23FeN. The Morgan fingerprint density at radius 2 is 1.48 bits per heavy atom. The summed E-state index contributed by atoms with van der Waals surface area (Å²) in [5.74, 6) is 0. The molecule has 0 saturated heterocycles. The fourth-order valence-electron chi connectivity index (χ4n) is 2.96. The predicted octanol–water partition coefficient (Wildman–Crippen LogP) is 4.80. The van der Waals surface area contributed by atoms with Gasteiger partial charge in [-0.15, -0.1) is 0 Å². The van der Waals surface area contributed by atoms with Crippen LogP contribution in [0.1, 0.15) is 18.4 Å². The van der Waals surface area contributed by atoms with Crippen molar-refractivity contribution in [1.82, 2.24) is 0 Å². The summed E-state index contributed by atoms with van der Waals surface area (Å²) in [6, 6.07) is 9.02. The van der Waals surface area contributed by atoms with Crippen LogP contribution in [-0.4, -0.2) is 14.1 Å². The minimum absolute atomic E-state index is 0. The molecule has 0 aliphatic heterocycles. The third-order valence-corrected chi connectivity index (χ3v) is 4.46. The Bertz CT molecular complexity index is 618. The van der Waals surface area contributed by atoms with Gasteiger partial charge in [-0.25, -0.2) is 0 Å². The zero-order valence-electron chi connectivity index (χ0n) is 13.7. The topological polar surface area (TPSA) is 3.24 Å². The van der Waals surface area contributed by atoms with Gasteiger partial charge in [-0.3, -0.25) is 0 Å². The molecule has 23 heavy (non-hydrogen) atoms. The average Bonchev–Trinajstić information content (AvgIpc) is 3.02. The molecule has 3 aliphatic rings. The Kier molecular flexibility index (Phi) is 6.10. The summed E-state index contributed by atoms with van der Waals surface area (Å²) in [6.45, 7) is 0. The first-order valence-electron chi connectivity index (χ1n) is 7.89. The van der Waals surface area contributed by atoms with E-state index in [-0.39, 0.29) is 17.1 Å². The Balaban J connectivity index is 0.000000276. The van der Waals surface area contributed by atoms with Gasteiger partial charge in [0.1, 0.15) is 0 Å². The number of nitrogens with zero attached hydrogens (tertiary/aromatic N) is 1. The third-order valence-electron chi connectivity index (χ3n) is 4.46. The first kappa shape index (κ1) is 17.8. The number of hydrogen-bond acceptors (Lipinski definition) is 1. The molecule has 0 unspecified atom stereocenters. The van der Waals surface area contributed by atoms with Gasteiger partial charge in [0.05, 0.1) is 0 Å². The Hall–Kier alpha value is -1.50. The summed E-state index contributed by atoms with van der Waals surface area (Å²) in [6.07, 6.45) is 21.4. The van der Waals surface area contributed by atoms with Crippen LogP contribution in [0.3, 0.4) is 0 Å². The molecule has 1 aromatic rings. The number of rotatable bonds is 3. The molecular weight excluding hydrogens is 322 g/mol. The van der Waals surface area contributed by atoms with Crippen molar-refractivity contribution in [2.45, 2.75) is 18.3 Å². The molecule has 1 fully saturated rings. The normalized spacial score (nSPS) is 18.8. The van der Waals surface area contributed by atoms with Crippen molar-refractivity contribution in [3.63, 3.8) is 0 Å². The molecule has 0 atom stereocenters. The van der Waals surface area contributed by atoms with Crippen molar-refractivity contribution >= 4 is 5.69 Å². The smallest absolute Gasteiger partial charge is 0.0361 e. The molecule has 0 aromatic heterocycles. The average molecular weight is 345 g/mol. The van der Waals surface area contributed by atoms with Crippen LogP contribution >= 0.6 is 0 Å². The number of allylic oxidation sites excluding steroid dienone is 8.